The lowest BCUT2D eigenvalue weighted by molar-refractivity contribution is -0.137. The average Bonchev–Trinajstić information content (AvgIpc) is 3.39. The maximum absolute atomic E-state index is 12.9. The van der Waals surface area contributed by atoms with Gasteiger partial charge in [-0.2, -0.15) is 13.2 Å². The van der Waals surface area contributed by atoms with Crippen LogP contribution in [0.2, 0.25) is 0 Å². The van der Waals surface area contributed by atoms with E-state index < -0.39 is 17.4 Å². The van der Waals surface area contributed by atoms with Crippen molar-refractivity contribution in [3.05, 3.63) is 85.6 Å². The van der Waals surface area contributed by atoms with Gasteiger partial charge in [-0.25, -0.2) is 4.79 Å². The zero-order valence-electron chi connectivity index (χ0n) is 17.7. The maximum atomic E-state index is 12.9. The molecule has 0 amide bonds. The molecule has 2 aromatic heterocycles. The highest BCUT2D eigenvalue weighted by Crippen LogP contribution is 2.42. The minimum Gasteiger partial charge on any atom is -0.507 e. The summed E-state index contributed by atoms with van der Waals surface area (Å²) in [6, 6.07) is 10.5. The van der Waals surface area contributed by atoms with Crippen molar-refractivity contribution >= 4 is 11.3 Å². The SMILES string of the molecule is CCC(c1cccs1)c1c(O)cc(C(Cc2ccc(C(F)(F)F)cc2)CC2CC2)oc1=O. The number of benzene rings is 1. The Morgan fingerprint density at radius 2 is 1.91 bits per heavy atom. The topological polar surface area (TPSA) is 50.4 Å². The molecule has 1 aromatic carbocycles. The van der Waals surface area contributed by atoms with Crippen LogP contribution in [0.1, 0.15) is 71.8 Å². The lowest BCUT2D eigenvalue weighted by atomic mass is 9.89. The summed E-state index contributed by atoms with van der Waals surface area (Å²) in [4.78, 5) is 13.9. The Bertz CT molecular complexity index is 1100. The van der Waals surface area contributed by atoms with E-state index in [-0.39, 0.29) is 23.1 Å². The van der Waals surface area contributed by atoms with E-state index in [1.165, 1.54) is 29.5 Å². The van der Waals surface area contributed by atoms with Gasteiger partial charge in [0.2, 0.25) is 0 Å². The predicted octanol–water partition coefficient (Wildman–Crippen LogP) is 7.09. The zero-order valence-corrected chi connectivity index (χ0v) is 18.5. The fraction of sp³-hybridized carbons (Fsp3) is 0.400. The van der Waals surface area contributed by atoms with E-state index in [1.54, 1.807) is 0 Å². The van der Waals surface area contributed by atoms with Crippen LogP contribution in [0.3, 0.4) is 0 Å². The van der Waals surface area contributed by atoms with Gasteiger partial charge in [-0.1, -0.05) is 38.0 Å². The Balaban J connectivity index is 1.63. The molecule has 3 nitrogen and oxygen atoms in total. The number of aromatic hydroxyl groups is 1. The minimum atomic E-state index is -4.38. The van der Waals surface area contributed by atoms with Crippen LogP contribution < -0.4 is 5.63 Å². The van der Waals surface area contributed by atoms with Gasteiger partial charge in [0.1, 0.15) is 11.5 Å². The van der Waals surface area contributed by atoms with Crippen molar-refractivity contribution in [2.75, 3.05) is 0 Å². The Morgan fingerprint density at radius 3 is 2.44 bits per heavy atom. The van der Waals surface area contributed by atoms with Crippen LogP contribution in [0.15, 0.2) is 57.1 Å². The Kier molecular flexibility index (Phi) is 6.47. The molecule has 0 spiro atoms. The third-order valence-electron chi connectivity index (χ3n) is 6.11. The molecule has 0 aliphatic heterocycles. The van der Waals surface area contributed by atoms with Gasteiger partial charge in [-0.15, -0.1) is 11.3 Å². The normalized spacial score (nSPS) is 16.1. The van der Waals surface area contributed by atoms with Gasteiger partial charge in [0, 0.05) is 22.8 Å². The van der Waals surface area contributed by atoms with Gasteiger partial charge in [-0.3, -0.25) is 0 Å². The van der Waals surface area contributed by atoms with Gasteiger partial charge in [0.15, 0.2) is 0 Å². The minimum absolute atomic E-state index is 0.0790. The summed E-state index contributed by atoms with van der Waals surface area (Å²) in [6.45, 7) is 1.96. The van der Waals surface area contributed by atoms with Crippen molar-refractivity contribution in [3.8, 4) is 5.75 Å². The number of thiophene rings is 1. The highest BCUT2D eigenvalue weighted by molar-refractivity contribution is 7.10. The Labute approximate surface area is 188 Å². The number of hydrogen-bond acceptors (Lipinski definition) is 4. The second-order valence-electron chi connectivity index (χ2n) is 8.49. The fourth-order valence-corrected chi connectivity index (χ4v) is 5.16. The molecule has 3 aromatic rings. The molecular formula is C25H25F3O3S. The molecule has 32 heavy (non-hydrogen) atoms. The maximum Gasteiger partial charge on any atom is 0.416 e. The predicted molar refractivity (Wildman–Crippen MR) is 118 cm³/mol. The van der Waals surface area contributed by atoms with Crippen LogP contribution in [0.25, 0.3) is 0 Å². The molecule has 1 fully saturated rings. The van der Waals surface area contributed by atoms with Crippen LogP contribution in [0.5, 0.6) is 5.75 Å². The fourth-order valence-electron chi connectivity index (χ4n) is 4.24. The number of alkyl halides is 3. The molecule has 4 rings (SSSR count). The van der Waals surface area contributed by atoms with Crippen molar-refractivity contribution in [1.82, 2.24) is 0 Å². The van der Waals surface area contributed by atoms with Gasteiger partial charge in [-0.05, 0) is 54.3 Å². The molecule has 7 heteroatoms. The molecule has 2 unspecified atom stereocenters. The van der Waals surface area contributed by atoms with E-state index in [0.717, 1.165) is 41.8 Å². The summed E-state index contributed by atoms with van der Waals surface area (Å²) in [5, 5.41) is 12.7. The average molecular weight is 463 g/mol. The molecule has 0 bridgehead atoms. The summed E-state index contributed by atoms with van der Waals surface area (Å²) in [5.74, 6) is 0.399. The molecular weight excluding hydrogens is 437 g/mol. The summed E-state index contributed by atoms with van der Waals surface area (Å²) in [6.07, 6.45) is -0.334. The summed E-state index contributed by atoms with van der Waals surface area (Å²) in [5.41, 5.74) is -0.237. The largest absolute Gasteiger partial charge is 0.507 e. The lowest BCUT2D eigenvalue weighted by Gasteiger charge is -2.19. The second-order valence-corrected chi connectivity index (χ2v) is 9.47. The summed E-state index contributed by atoms with van der Waals surface area (Å²) >= 11 is 1.53. The van der Waals surface area contributed by atoms with Gasteiger partial charge in [0.05, 0.1) is 11.1 Å². The number of rotatable bonds is 8. The van der Waals surface area contributed by atoms with Crippen molar-refractivity contribution in [1.29, 1.82) is 0 Å². The third-order valence-corrected chi connectivity index (χ3v) is 7.10. The van der Waals surface area contributed by atoms with E-state index in [4.69, 9.17) is 4.42 Å². The molecule has 2 heterocycles. The quantitative estimate of drug-likeness (QED) is 0.389. The Hall–Kier alpha value is -2.54. The monoisotopic (exact) mass is 462 g/mol. The molecule has 0 saturated heterocycles. The first-order valence-corrected chi connectivity index (χ1v) is 11.7. The first-order valence-electron chi connectivity index (χ1n) is 10.8. The van der Waals surface area contributed by atoms with Crippen LogP contribution >= 0.6 is 11.3 Å². The molecule has 0 radical (unpaired) electrons. The highest BCUT2D eigenvalue weighted by atomic mass is 32.1. The van der Waals surface area contributed by atoms with Crippen molar-refractivity contribution in [2.45, 2.75) is 57.0 Å². The van der Waals surface area contributed by atoms with Crippen molar-refractivity contribution < 1.29 is 22.7 Å². The lowest BCUT2D eigenvalue weighted by Crippen LogP contribution is -2.16. The first-order chi connectivity index (χ1) is 15.3. The van der Waals surface area contributed by atoms with E-state index >= 15 is 0 Å². The third kappa shape index (κ3) is 5.09. The number of hydrogen-bond donors (Lipinski definition) is 1. The van der Waals surface area contributed by atoms with Crippen molar-refractivity contribution in [2.24, 2.45) is 5.92 Å². The van der Waals surface area contributed by atoms with Crippen LogP contribution in [0, 0.1) is 5.92 Å². The van der Waals surface area contributed by atoms with E-state index in [9.17, 15) is 23.1 Å². The standard InChI is InChI=1S/C25H25F3O3S/c1-2-19(22-4-3-11-32-22)23-20(29)14-21(31-24(23)30)17(12-15-5-6-15)13-16-7-9-18(10-8-16)25(26,27)28/h3-4,7-11,14-15,17,19,29H,2,5-6,12-13H2,1H3. The molecule has 1 aliphatic rings. The molecule has 2 atom stereocenters. The smallest absolute Gasteiger partial charge is 0.416 e. The number of halogens is 3. The Morgan fingerprint density at radius 1 is 1.19 bits per heavy atom. The summed E-state index contributed by atoms with van der Waals surface area (Å²) < 4.78 is 44.3. The van der Waals surface area contributed by atoms with Gasteiger partial charge >= 0.3 is 11.8 Å². The van der Waals surface area contributed by atoms with E-state index in [1.807, 2.05) is 24.4 Å². The van der Waals surface area contributed by atoms with E-state index in [0.29, 0.717) is 24.5 Å². The van der Waals surface area contributed by atoms with Gasteiger partial charge < -0.3 is 9.52 Å². The second kappa shape index (κ2) is 9.14. The van der Waals surface area contributed by atoms with Gasteiger partial charge in [0.25, 0.3) is 0 Å². The molecule has 1 N–H and O–H groups in total. The summed E-state index contributed by atoms with van der Waals surface area (Å²) in [7, 11) is 0. The van der Waals surface area contributed by atoms with Crippen LogP contribution in [-0.2, 0) is 12.6 Å². The van der Waals surface area contributed by atoms with Crippen LogP contribution in [-0.4, -0.2) is 5.11 Å². The molecule has 170 valence electrons. The van der Waals surface area contributed by atoms with E-state index in [2.05, 4.69) is 0 Å². The van der Waals surface area contributed by atoms with Crippen LogP contribution in [0.4, 0.5) is 13.2 Å². The molecule has 1 saturated carbocycles. The first kappa shape index (κ1) is 22.6. The zero-order chi connectivity index (χ0) is 22.9. The highest BCUT2D eigenvalue weighted by Gasteiger charge is 2.32. The van der Waals surface area contributed by atoms with Crippen molar-refractivity contribution in [3.63, 3.8) is 0 Å². The molecule has 1 aliphatic carbocycles.